The number of amides is 1. The number of nitrogens with two attached hydrogens (primary N) is 1. The number of nitrogens with one attached hydrogen (secondary N) is 2. The lowest BCUT2D eigenvalue weighted by Gasteiger charge is -2.36. The molecule has 3 rings (SSSR count). The first-order valence-electron chi connectivity index (χ1n) is 9.39. The minimum Gasteiger partial charge on any atom is -0.444 e. The van der Waals surface area contributed by atoms with Gasteiger partial charge in [0.05, 0.1) is 16.9 Å². The smallest absolute Gasteiger partial charge is 0.407 e. The number of benzene rings is 1. The van der Waals surface area contributed by atoms with Crippen molar-refractivity contribution < 1.29 is 9.53 Å². The van der Waals surface area contributed by atoms with Crippen LogP contribution in [0, 0.1) is 0 Å². The fraction of sp³-hybridized carbons (Fsp3) is 0.500. The number of hydrogen-bond acceptors (Lipinski definition) is 6. The highest BCUT2D eigenvalue weighted by Crippen LogP contribution is 2.37. The topological polar surface area (TPSA) is 92.5 Å². The molecule has 4 N–H and O–H groups in total. The maximum Gasteiger partial charge on any atom is 0.407 e. The number of carbonyl (C=O) groups excluding carboxylic acids is 1. The van der Waals surface area contributed by atoms with E-state index in [1.807, 2.05) is 52.1 Å². The van der Waals surface area contributed by atoms with Gasteiger partial charge < -0.3 is 26.0 Å². The molecule has 0 saturated carbocycles. The van der Waals surface area contributed by atoms with Crippen LogP contribution in [-0.2, 0) is 4.74 Å². The van der Waals surface area contributed by atoms with Crippen molar-refractivity contribution >= 4 is 34.2 Å². The first-order valence-corrected chi connectivity index (χ1v) is 9.39. The Hall–Kier alpha value is -2.70. The van der Waals surface area contributed by atoms with Crippen LogP contribution in [-0.4, -0.2) is 42.9 Å². The van der Waals surface area contributed by atoms with E-state index in [0.717, 1.165) is 36.0 Å². The molecule has 2 heterocycles. The van der Waals surface area contributed by atoms with Gasteiger partial charge in [0, 0.05) is 31.6 Å². The Morgan fingerprint density at radius 2 is 2.07 bits per heavy atom. The van der Waals surface area contributed by atoms with Gasteiger partial charge in [-0.05, 0) is 39.7 Å². The molecular weight excluding hydrogens is 342 g/mol. The van der Waals surface area contributed by atoms with Gasteiger partial charge >= 0.3 is 6.09 Å². The molecule has 1 saturated heterocycles. The lowest BCUT2D eigenvalue weighted by Crippen LogP contribution is -2.49. The van der Waals surface area contributed by atoms with Gasteiger partial charge in [-0.1, -0.05) is 18.2 Å². The fourth-order valence-electron chi connectivity index (χ4n) is 3.51. The van der Waals surface area contributed by atoms with Crippen molar-refractivity contribution in [2.45, 2.75) is 45.3 Å². The zero-order chi connectivity index (χ0) is 19.6. The maximum absolute atomic E-state index is 12.2. The van der Waals surface area contributed by atoms with E-state index >= 15 is 0 Å². The second-order valence-electron chi connectivity index (χ2n) is 7.92. The number of aromatic nitrogens is 1. The number of nitrogen functional groups attached to an aromatic ring is 1. The lowest BCUT2D eigenvalue weighted by molar-refractivity contribution is 0.0500. The van der Waals surface area contributed by atoms with Gasteiger partial charge in [-0.15, -0.1) is 0 Å². The molecule has 7 heteroatoms. The Morgan fingerprint density at radius 3 is 2.78 bits per heavy atom. The number of anilines is 3. The van der Waals surface area contributed by atoms with Crippen LogP contribution in [0.15, 0.2) is 24.3 Å². The normalized spacial score (nSPS) is 17.6. The molecule has 0 aliphatic carbocycles. The Kier molecular flexibility index (Phi) is 5.30. The molecule has 27 heavy (non-hydrogen) atoms. The third kappa shape index (κ3) is 4.35. The zero-order valence-electron chi connectivity index (χ0n) is 16.5. The Bertz CT molecular complexity index is 831. The first-order chi connectivity index (χ1) is 12.8. The molecule has 1 aromatic heterocycles. The molecule has 1 atom stereocenters. The predicted octanol–water partition coefficient (Wildman–Crippen LogP) is 3.35. The first kappa shape index (κ1) is 19.1. The summed E-state index contributed by atoms with van der Waals surface area (Å²) in [7, 11) is 1.82. The number of hydrogen-bond donors (Lipinski definition) is 3. The summed E-state index contributed by atoms with van der Waals surface area (Å²) >= 11 is 0. The van der Waals surface area contributed by atoms with E-state index in [1.165, 1.54) is 0 Å². The van der Waals surface area contributed by atoms with Gasteiger partial charge in [0.15, 0.2) is 5.82 Å². The largest absolute Gasteiger partial charge is 0.444 e. The van der Waals surface area contributed by atoms with Crippen molar-refractivity contribution in [3.63, 3.8) is 0 Å². The molecule has 0 radical (unpaired) electrons. The predicted molar refractivity (Wildman–Crippen MR) is 110 cm³/mol. The highest BCUT2D eigenvalue weighted by molar-refractivity contribution is 6.01. The Morgan fingerprint density at radius 1 is 1.33 bits per heavy atom. The highest BCUT2D eigenvalue weighted by Gasteiger charge is 2.27. The second kappa shape index (κ2) is 7.50. The second-order valence-corrected chi connectivity index (χ2v) is 7.92. The molecule has 1 amide bonds. The maximum atomic E-state index is 12.2. The van der Waals surface area contributed by atoms with E-state index in [4.69, 9.17) is 10.5 Å². The highest BCUT2D eigenvalue weighted by atomic mass is 16.6. The fourth-order valence-corrected chi connectivity index (χ4v) is 3.51. The summed E-state index contributed by atoms with van der Waals surface area (Å²) in [5.41, 5.74) is 8.44. The average molecular weight is 371 g/mol. The number of para-hydroxylation sites is 1. The summed E-state index contributed by atoms with van der Waals surface area (Å²) in [5.74, 6) is 0.672. The number of pyridine rings is 1. The molecular formula is C20H29N5O2. The van der Waals surface area contributed by atoms with Gasteiger partial charge in [0.1, 0.15) is 5.60 Å². The van der Waals surface area contributed by atoms with Crippen LogP contribution in [0.3, 0.4) is 0 Å². The van der Waals surface area contributed by atoms with Crippen LogP contribution in [0.1, 0.15) is 33.6 Å². The van der Waals surface area contributed by atoms with E-state index in [0.29, 0.717) is 18.1 Å². The van der Waals surface area contributed by atoms with Crippen LogP contribution < -0.4 is 21.3 Å². The average Bonchev–Trinajstić information content (AvgIpc) is 2.59. The third-order valence-corrected chi connectivity index (χ3v) is 4.60. The van der Waals surface area contributed by atoms with Gasteiger partial charge in [-0.3, -0.25) is 0 Å². The van der Waals surface area contributed by atoms with Gasteiger partial charge in [-0.2, -0.15) is 0 Å². The van der Waals surface area contributed by atoms with E-state index in [1.54, 1.807) is 0 Å². The lowest BCUT2D eigenvalue weighted by atomic mass is 10.0. The summed E-state index contributed by atoms with van der Waals surface area (Å²) in [6.07, 6.45) is 1.50. The van der Waals surface area contributed by atoms with Crippen LogP contribution in [0.4, 0.5) is 22.0 Å². The number of nitrogens with zero attached hydrogens (tertiary/aromatic N) is 2. The van der Waals surface area contributed by atoms with E-state index < -0.39 is 5.60 Å². The molecule has 0 bridgehead atoms. The van der Waals surface area contributed by atoms with Crippen molar-refractivity contribution in [1.29, 1.82) is 0 Å². The van der Waals surface area contributed by atoms with E-state index in [-0.39, 0.29) is 12.1 Å². The molecule has 2 aromatic rings. The monoisotopic (exact) mass is 371 g/mol. The molecule has 1 unspecified atom stereocenters. The molecule has 1 aliphatic rings. The molecule has 1 aromatic carbocycles. The Labute approximate surface area is 160 Å². The summed E-state index contributed by atoms with van der Waals surface area (Å²) in [6.45, 7) is 7.16. The number of piperidine rings is 1. The summed E-state index contributed by atoms with van der Waals surface area (Å²) in [5, 5.41) is 7.10. The Balaban J connectivity index is 1.86. The van der Waals surface area contributed by atoms with Gasteiger partial charge in [0.2, 0.25) is 0 Å². The van der Waals surface area contributed by atoms with Gasteiger partial charge in [-0.25, -0.2) is 9.78 Å². The molecule has 1 aliphatic heterocycles. The van der Waals surface area contributed by atoms with Crippen molar-refractivity contribution in [3.8, 4) is 0 Å². The van der Waals surface area contributed by atoms with Crippen LogP contribution in [0.25, 0.3) is 10.9 Å². The van der Waals surface area contributed by atoms with Crippen LogP contribution >= 0.6 is 0 Å². The van der Waals surface area contributed by atoms with Crippen molar-refractivity contribution in [1.82, 2.24) is 10.3 Å². The van der Waals surface area contributed by atoms with Crippen molar-refractivity contribution in [2.24, 2.45) is 0 Å². The standard InChI is InChI=1S/C20H29N5O2/c1-20(2,3)27-19(26)23-13-8-7-11-25(12-13)17-14-9-5-6-10-15(14)24-18(22-4)16(17)21/h5-6,9-10,13H,7-8,11-12,21H2,1-4H3,(H,22,24)(H,23,26). The molecule has 7 nitrogen and oxygen atoms in total. The summed E-state index contributed by atoms with van der Waals surface area (Å²) < 4.78 is 5.40. The quantitative estimate of drug-likeness (QED) is 0.766. The minimum absolute atomic E-state index is 0.0120. The summed E-state index contributed by atoms with van der Waals surface area (Å²) in [6, 6.07) is 8.00. The number of carbonyl (C=O) groups is 1. The van der Waals surface area contributed by atoms with Crippen LogP contribution in [0.5, 0.6) is 0 Å². The SMILES string of the molecule is CNc1nc2ccccc2c(N2CCCC(NC(=O)OC(C)(C)C)C2)c1N. The third-order valence-electron chi connectivity index (χ3n) is 4.60. The number of ether oxygens (including phenoxy) is 1. The van der Waals surface area contributed by atoms with E-state index in [9.17, 15) is 4.79 Å². The zero-order valence-corrected chi connectivity index (χ0v) is 16.5. The minimum atomic E-state index is -0.508. The van der Waals surface area contributed by atoms with Crippen molar-refractivity contribution in [2.75, 3.05) is 36.1 Å². The van der Waals surface area contributed by atoms with Crippen LogP contribution in [0.2, 0.25) is 0 Å². The number of fused-ring (bicyclic) bond motifs is 1. The molecule has 0 spiro atoms. The van der Waals surface area contributed by atoms with Gasteiger partial charge in [0.25, 0.3) is 0 Å². The van der Waals surface area contributed by atoms with E-state index in [2.05, 4.69) is 20.5 Å². The summed E-state index contributed by atoms with van der Waals surface area (Å²) in [4.78, 5) is 19.0. The number of rotatable bonds is 3. The van der Waals surface area contributed by atoms with Crippen molar-refractivity contribution in [3.05, 3.63) is 24.3 Å². The molecule has 1 fully saturated rings. The molecule has 146 valence electrons. The number of alkyl carbamates (subject to hydrolysis) is 1.